The van der Waals surface area contributed by atoms with Crippen molar-refractivity contribution in [3.05, 3.63) is 33.2 Å². The van der Waals surface area contributed by atoms with Crippen molar-refractivity contribution >= 4 is 0 Å². The molecule has 0 saturated heterocycles. The third-order valence-electron chi connectivity index (χ3n) is 4.72. The van der Waals surface area contributed by atoms with Crippen molar-refractivity contribution in [2.75, 3.05) is 0 Å². The minimum Gasteiger partial charge on any atom is -0.326 e. The minimum atomic E-state index is 0.101. The van der Waals surface area contributed by atoms with Crippen molar-refractivity contribution in [2.24, 2.45) is 5.92 Å². The third kappa shape index (κ3) is 2.92. The maximum absolute atomic E-state index is 12.0. The molecule has 1 saturated carbocycles. The van der Waals surface area contributed by atoms with Gasteiger partial charge in [0.15, 0.2) is 0 Å². The van der Waals surface area contributed by atoms with Gasteiger partial charge in [0, 0.05) is 23.8 Å². The Morgan fingerprint density at radius 3 is 2.95 bits per heavy atom. The lowest BCUT2D eigenvalue weighted by atomic mass is 9.81. The molecule has 1 atom stereocenters. The van der Waals surface area contributed by atoms with E-state index in [1.165, 1.54) is 37.7 Å². The van der Waals surface area contributed by atoms with Gasteiger partial charge in [0.05, 0.1) is 0 Å². The van der Waals surface area contributed by atoms with Gasteiger partial charge in [-0.1, -0.05) is 19.3 Å². The Kier molecular flexibility index (Phi) is 3.74. The Labute approximate surface area is 114 Å². The second-order valence-electron chi connectivity index (χ2n) is 6.30. The number of aryl methyl sites for hydroxylation is 2. The Bertz CT molecular complexity index is 502. The van der Waals surface area contributed by atoms with Crippen LogP contribution in [0.1, 0.15) is 55.8 Å². The number of rotatable bonds is 5. The summed E-state index contributed by atoms with van der Waals surface area (Å²) in [5.74, 6) is 0.917. The van der Waals surface area contributed by atoms with Crippen LogP contribution < -0.4 is 10.9 Å². The van der Waals surface area contributed by atoms with Gasteiger partial charge >= 0.3 is 0 Å². The number of hydrogen-bond acceptors (Lipinski definition) is 2. The van der Waals surface area contributed by atoms with Crippen LogP contribution in [-0.4, -0.2) is 11.0 Å². The first-order valence-corrected chi connectivity index (χ1v) is 7.69. The molecule has 1 aromatic heterocycles. The Morgan fingerprint density at radius 1 is 1.37 bits per heavy atom. The Balaban J connectivity index is 1.58. The molecule has 0 aliphatic heterocycles. The zero-order valence-electron chi connectivity index (χ0n) is 11.8. The summed E-state index contributed by atoms with van der Waals surface area (Å²) in [4.78, 5) is 15.0. The summed E-state index contributed by atoms with van der Waals surface area (Å²) in [5, 5.41) is 3.51. The standard InChI is InChI=1S/C16H24N2O/c1-11(8-12-4-2-5-12)17-10-14-9-13-6-3-7-15(13)18-16(14)19/h9,11-12,17H,2-8,10H2,1H3,(H,18,19). The highest BCUT2D eigenvalue weighted by atomic mass is 16.1. The zero-order chi connectivity index (χ0) is 13.2. The van der Waals surface area contributed by atoms with Crippen LogP contribution in [0.15, 0.2) is 10.9 Å². The fourth-order valence-electron chi connectivity index (χ4n) is 3.29. The number of hydrogen-bond donors (Lipinski definition) is 2. The molecule has 2 N–H and O–H groups in total. The van der Waals surface area contributed by atoms with Gasteiger partial charge < -0.3 is 10.3 Å². The molecule has 3 nitrogen and oxygen atoms in total. The fourth-order valence-corrected chi connectivity index (χ4v) is 3.29. The van der Waals surface area contributed by atoms with Crippen LogP contribution in [0.2, 0.25) is 0 Å². The van der Waals surface area contributed by atoms with Crippen LogP contribution in [-0.2, 0) is 19.4 Å². The van der Waals surface area contributed by atoms with Gasteiger partial charge in [0.2, 0.25) is 0 Å². The molecule has 0 amide bonds. The van der Waals surface area contributed by atoms with Crippen LogP contribution in [0, 0.1) is 5.92 Å². The van der Waals surface area contributed by atoms with Gasteiger partial charge in [0.1, 0.15) is 0 Å². The predicted molar refractivity (Wildman–Crippen MR) is 77.3 cm³/mol. The average Bonchev–Trinajstić information content (AvgIpc) is 2.78. The zero-order valence-corrected chi connectivity index (χ0v) is 11.8. The number of pyridine rings is 1. The topological polar surface area (TPSA) is 44.9 Å². The summed E-state index contributed by atoms with van der Waals surface area (Å²) in [7, 11) is 0. The van der Waals surface area contributed by atoms with E-state index in [0.29, 0.717) is 12.6 Å². The van der Waals surface area contributed by atoms with Crippen molar-refractivity contribution < 1.29 is 0 Å². The molecule has 3 rings (SSSR count). The number of nitrogens with one attached hydrogen (secondary N) is 2. The third-order valence-corrected chi connectivity index (χ3v) is 4.72. The smallest absolute Gasteiger partial charge is 0.252 e. The van der Waals surface area contributed by atoms with Gasteiger partial charge in [-0.05, 0) is 50.2 Å². The quantitative estimate of drug-likeness (QED) is 0.854. The monoisotopic (exact) mass is 260 g/mol. The lowest BCUT2D eigenvalue weighted by Crippen LogP contribution is -2.32. The van der Waals surface area contributed by atoms with Crippen molar-refractivity contribution in [1.82, 2.24) is 10.3 Å². The van der Waals surface area contributed by atoms with E-state index < -0.39 is 0 Å². The molecule has 104 valence electrons. The normalized spacial score (nSPS) is 20.1. The molecule has 0 radical (unpaired) electrons. The largest absolute Gasteiger partial charge is 0.326 e. The summed E-state index contributed by atoms with van der Waals surface area (Å²) in [6, 6.07) is 2.63. The number of aromatic nitrogens is 1. The van der Waals surface area contributed by atoms with Crippen molar-refractivity contribution in [3.8, 4) is 0 Å². The van der Waals surface area contributed by atoms with Crippen LogP contribution in [0.4, 0.5) is 0 Å². The van der Waals surface area contributed by atoms with Crippen LogP contribution >= 0.6 is 0 Å². The van der Waals surface area contributed by atoms with E-state index in [-0.39, 0.29) is 5.56 Å². The van der Waals surface area contributed by atoms with E-state index in [1.54, 1.807) is 0 Å². The van der Waals surface area contributed by atoms with E-state index in [0.717, 1.165) is 30.0 Å². The van der Waals surface area contributed by atoms with Gasteiger partial charge in [-0.15, -0.1) is 0 Å². The molecule has 1 unspecified atom stereocenters. The minimum absolute atomic E-state index is 0.101. The second-order valence-corrected chi connectivity index (χ2v) is 6.30. The molecule has 1 fully saturated rings. The molecule has 0 aromatic carbocycles. The highest BCUT2D eigenvalue weighted by Gasteiger charge is 2.20. The summed E-state index contributed by atoms with van der Waals surface area (Å²) in [5.41, 5.74) is 3.52. The van der Waals surface area contributed by atoms with E-state index in [9.17, 15) is 4.79 Å². The lowest BCUT2D eigenvalue weighted by molar-refractivity contribution is 0.265. The lowest BCUT2D eigenvalue weighted by Gasteiger charge is -2.28. The van der Waals surface area contributed by atoms with E-state index in [2.05, 4.69) is 23.3 Å². The maximum Gasteiger partial charge on any atom is 0.252 e. The average molecular weight is 260 g/mol. The number of H-pyrrole nitrogens is 1. The van der Waals surface area contributed by atoms with Crippen LogP contribution in [0.5, 0.6) is 0 Å². The molecule has 3 heteroatoms. The first kappa shape index (κ1) is 12.9. The maximum atomic E-state index is 12.0. The van der Waals surface area contributed by atoms with Gasteiger partial charge in [-0.2, -0.15) is 0 Å². The van der Waals surface area contributed by atoms with Gasteiger partial charge in [0.25, 0.3) is 5.56 Å². The van der Waals surface area contributed by atoms with Crippen molar-refractivity contribution in [3.63, 3.8) is 0 Å². The highest BCUT2D eigenvalue weighted by molar-refractivity contribution is 5.29. The van der Waals surface area contributed by atoms with Gasteiger partial charge in [-0.3, -0.25) is 4.79 Å². The van der Waals surface area contributed by atoms with E-state index in [4.69, 9.17) is 0 Å². The Morgan fingerprint density at radius 2 is 2.21 bits per heavy atom. The summed E-state index contributed by atoms with van der Waals surface area (Å²) < 4.78 is 0. The summed E-state index contributed by atoms with van der Waals surface area (Å²) in [6.07, 6.45) is 8.79. The van der Waals surface area contributed by atoms with Gasteiger partial charge in [-0.25, -0.2) is 0 Å². The summed E-state index contributed by atoms with van der Waals surface area (Å²) >= 11 is 0. The van der Waals surface area contributed by atoms with Crippen molar-refractivity contribution in [2.45, 2.75) is 64.5 Å². The molecule has 2 aliphatic carbocycles. The molecule has 0 bridgehead atoms. The first-order chi connectivity index (χ1) is 9.22. The van der Waals surface area contributed by atoms with E-state index >= 15 is 0 Å². The molecule has 2 aliphatic rings. The Hall–Kier alpha value is -1.09. The first-order valence-electron chi connectivity index (χ1n) is 7.69. The second kappa shape index (κ2) is 5.49. The molecule has 1 heterocycles. The fraction of sp³-hybridized carbons (Fsp3) is 0.688. The predicted octanol–water partition coefficient (Wildman–Crippen LogP) is 2.53. The molecule has 0 spiro atoms. The molecular formula is C16H24N2O. The molecular weight excluding hydrogens is 236 g/mol. The highest BCUT2D eigenvalue weighted by Crippen LogP contribution is 2.30. The SMILES string of the molecule is CC(CC1CCC1)NCc1cc2c([nH]c1=O)CCC2. The number of fused-ring (bicyclic) bond motifs is 1. The van der Waals surface area contributed by atoms with Crippen LogP contribution in [0.25, 0.3) is 0 Å². The van der Waals surface area contributed by atoms with E-state index in [1.807, 2.05) is 0 Å². The molecule has 19 heavy (non-hydrogen) atoms. The van der Waals surface area contributed by atoms with Crippen molar-refractivity contribution in [1.29, 1.82) is 0 Å². The summed E-state index contributed by atoms with van der Waals surface area (Å²) in [6.45, 7) is 2.94. The van der Waals surface area contributed by atoms with Crippen LogP contribution in [0.3, 0.4) is 0 Å². The molecule has 1 aromatic rings. The number of aromatic amines is 1.